The number of nitrogens with one attached hydrogen (secondary N) is 1. The van der Waals surface area contributed by atoms with Gasteiger partial charge >= 0.3 is 11.2 Å². The molecule has 8 heteroatoms. The van der Waals surface area contributed by atoms with Gasteiger partial charge in [0.1, 0.15) is 5.54 Å². The highest BCUT2D eigenvalue weighted by Crippen LogP contribution is 2.49. The van der Waals surface area contributed by atoms with Crippen molar-refractivity contribution in [3.63, 3.8) is 0 Å². The molecular weight excluding hydrogens is 257 g/mol. The number of alkyl halides is 3. The van der Waals surface area contributed by atoms with Crippen molar-refractivity contribution >= 4 is 16.3 Å². The molecule has 0 saturated heterocycles. The van der Waals surface area contributed by atoms with Gasteiger partial charge in [-0.1, -0.05) is 11.3 Å². The molecule has 4 nitrogen and oxygen atoms in total. The SMILES string of the molecule is O=[N+]([O-])c1cc(CNC2(C(F)(F)F)CC2)cs1. The Morgan fingerprint density at radius 1 is 1.53 bits per heavy atom. The van der Waals surface area contributed by atoms with Gasteiger partial charge in [-0.3, -0.25) is 15.4 Å². The van der Waals surface area contributed by atoms with Crippen LogP contribution in [0.25, 0.3) is 0 Å². The molecule has 0 unspecified atom stereocenters. The summed E-state index contributed by atoms with van der Waals surface area (Å²) in [7, 11) is 0. The van der Waals surface area contributed by atoms with Crippen molar-refractivity contribution in [1.82, 2.24) is 5.32 Å². The fraction of sp³-hybridized carbons (Fsp3) is 0.556. The van der Waals surface area contributed by atoms with Crippen LogP contribution in [-0.2, 0) is 6.54 Å². The highest BCUT2D eigenvalue weighted by Gasteiger charge is 2.62. The van der Waals surface area contributed by atoms with E-state index in [-0.39, 0.29) is 24.4 Å². The van der Waals surface area contributed by atoms with Gasteiger partial charge in [-0.05, 0) is 18.4 Å². The maximum absolute atomic E-state index is 12.6. The van der Waals surface area contributed by atoms with Gasteiger partial charge in [0.2, 0.25) is 0 Å². The van der Waals surface area contributed by atoms with Gasteiger partial charge in [0, 0.05) is 18.0 Å². The van der Waals surface area contributed by atoms with Crippen molar-refractivity contribution in [3.05, 3.63) is 27.1 Å². The summed E-state index contributed by atoms with van der Waals surface area (Å²) in [5.41, 5.74) is -1.26. The summed E-state index contributed by atoms with van der Waals surface area (Å²) < 4.78 is 37.7. The Bertz CT molecular complexity index is 440. The van der Waals surface area contributed by atoms with Gasteiger partial charge < -0.3 is 0 Å². The predicted molar refractivity (Wildman–Crippen MR) is 55.8 cm³/mol. The molecule has 1 aliphatic rings. The minimum absolute atomic E-state index is 0.00382. The fourth-order valence-electron chi connectivity index (χ4n) is 1.51. The smallest absolute Gasteiger partial charge is 0.299 e. The number of rotatable bonds is 4. The third kappa shape index (κ3) is 2.42. The summed E-state index contributed by atoms with van der Waals surface area (Å²) in [6.07, 6.45) is -4.11. The Kier molecular flexibility index (Phi) is 2.86. The van der Waals surface area contributed by atoms with Gasteiger partial charge in [0.15, 0.2) is 0 Å². The molecule has 17 heavy (non-hydrogen) atoms. The predicted octanol–water partition coefficient (Wildman–Crippen LogP) is 2.84. The lowest BCUT2D eigenvalue weighted by Gasteiger charge is -2.20. The van der Waals surface area contributed by atoms with Crippen LogP contribution in [-0.4, -0.2) is 16.6 Å². The highest BCUT2D eigenvalue weighted by atomic mass is 32.1. The van der Waals surface area contributed by atoms with E-state index in [0.29, 0.717) is 5.56 Å². The Morgan fingerprint density at radius 2 is 2.18 bits per heavy atom. The molecule has 1 heterocycles. The lowest BCUT2D eigenvalue weighted by atomic mass is 10.2. The fourth-order valence-corrected chi connectivity index (χ4v) is 2.24. The summed E-state index contributed by atoms with van der Waals surface area (Å²) >= 11 is 0.916. The van der Waals surface area contributed by atoms with Crippen molar-refractivity contribution in [2.45, 2.75) is 31.1 Å². The van der Waals surface area contributed by atoms with Gasteiger partial charge in [0.05, 0.1) is 4.92 Å². The second-order valence-electron chi connectivity index (χ2n) is 3.98. The first-order chi connectivity index (χ1) is 7.84. The van der Waals surface area contributed by atoms with E-state index in [2.05, 4.69) is 5.32 Å². The van der Waals surface area contributed by atoms with E-state index in [1.165, 1.54) is 11.4 Å². The first-order valence-corrected chi connectivity index (χ1v) is 5.76. The van der Waals surface area contributed by atoms with E-state index in [1.54, 1.807) is 0 Å². The molecule has 1 saturated carbocycles. The topological polar surface area (TPSA) is 55.2 Å². The molecule has 1 fully saturated rings. The van der Waals surface area contributed by atoms with E-state index in [0.717, 1.165) is 11.3 Å². The van der Waals surface area contributed by atoms with Crippen LogP contribution in [0, 0.1) is 10.1 Å². The Morgan fingerprint density at radius 3 is 2.59 bits per heavy atom. The van der Waals surface area contributed by atoms with E-state index in [9.17, 15) is 23.3 Å². The molecule has 1 aliphatic carbocycles. The summed E-state index contributed by atoms with van der Waals surface area (Å²) in [5.74, 6) is 0. The molecule has 0 aliphatic heterocycles. The zero-order valence-electron chi connectivity index (χ0n) is 8.58. The maximum Gasteiger partial charge on any atom is 0.406 e. The molecule has 1 aromatic rings. The number of thiophene rings is 1. The van der Waals surface area contributed by atoms with Gasteiger partial charge in [-0.15, -0.1) is 0 Å². The van der Waals surface area contributed by atoms with Crippen LogP contribution in [0.4, 0.5) is 18.2 Å². The summed E-state index contributed by atoms with van der Waals surface area (Å²) in [6.45, 7) is 0.00382. The third-order valence-electron chi connectivity index (χ3n) is 2.74. The average molecular weight is 266 g/mol. The number of halogens is 3. The van der Waals surface area contributed by atoms with E-state index < -0.39 is 16.6 Å². The summed E-state index contributed by atoms with van der Waals surface area (Å²) in [4.78, 5) is 9.85. The van der Waals surface area contributed by atoms with Gasteiger partial charge in [-0.25, -0.2) is 0 Å². The number of hydrogen-bond donors (Lipinski definition) is 1. The van der Waals surface area contributed by atoms with Crippen molar-refractivity contribution < 1.29 is 18.1 Å². The summed E-state index contributed by atoms with van der Waals surface area (Å²) in [6, 6.07) is 1.30. The third-order valence-corrected chi connectivity index (χ3v) is 3.67. The molecule has 2 rings (SSSR count). The average Bonchev–Trinajstić information content (AvgIpc) is 2.86. The second kappa shape index (κ2) is 3.95. The lowest BCUT2D eigenvalue weighted by molar-refractivity contribution is -0.380. The Labute approximate surface area is 98.6 Å². The van der Waals surface area contributed by atoms with Gasteiger partial charge in [-0.2, -0.15) is 13.2 Å². The van der Waals surface area contributed by atoms with Crippen LogP contribution < -0.4 is 5.32 Å². The maximum atomic E-state index is 12.6. The van der Waals surface area contributed by atoms with Crippen LogP contribution in [0.5, 0.6) is 0 Å². The van der Waals surface area contributed by atoms with E-state index in [1.807, 2.05) is 0 Å². The summed E-state index contributed by atoms with van der Waals surface area (Å²) in [5, 5.41) is 14.3. The molecule has 0 aromatic carbocycles. The van der Waals surface area contributed by atoms with Crippen molar-refractivity contribution in [1.29, 1.82) is 0 Å². The monoisotopic (exact) mass is 266 g/mol. The highest BCUT2D eigenvalue weighted by molar-refractivity contribution is 7.13. The van der Waals surface area contributed by atoms with Crippen molar-refractivity contribution in [3.8, 4) is 0 Å². The van der Waals surface area contributed by atoms with Crippen LogP contribution in [0.3, 0.4) is 0 Å². The molecule has 1 aromatic heterocycles. The zero-order valence-corrected chi connectivity index (χ0v) is 9.40. The number of nitrogens with zero attached hydrogens (tertiary/aromatic N) is 1. The molecule has 1 N–H and O–H groups in total. The number of nitro groups is 1. The van der Waals surface area contributed by atoms with Crippen molar-refractivity contribution in [2.24, 2.45) is 0 Å². The molecule has 0 amide bonds. The van der Waals surface area contributed by atoms with E-state index >= 15 is 0 Å². The van der Waals surface area contributed by atoms with Crippen LogP contribution in [0.2, 0.25) is 0 Å². The Hall–Kier alpha value is -1.15. The second-order valence-corrected chi connectivity index (χ2v) is 4.87. The van der Waals surface area contributed by atoms with Crippen molar-refractivity contribution in [2.75, 3.05) is 0 Å². The quantitative estimate of drug-likeness (QED) is 0.673. The normalized spacial score (nSPS) is 18.1. The standard InChI is InChI=1S/C9H9F3N2O2S/c10-9(11,12)8(1-2-8)13-4-6-3-7(14(15)16)17-5-6/h3,5,13H,1-2,4H2. The first kappa shape index (κ1) is 12.3. The number of hydrogen-bond acceptors (Lipinski definition) is 4. The van der Waals surface area contributed by atoms with Crippen LogP contribution >= 0.6 is 11.3 Å². The molecule has 0 bridgehead atoms. The first-order valence-electron chi connectivity index (χ1n) is 4.88. The molecule has 0 atom stereocenters. The molecule has 0 radical (unpaired) electrons. The molecule has 0 spiro atoms. The van der Waals surface area contributed by atoms with Gasteiger partial charge in [0.25, 0.3) is 0 Å². The molecular formula is C9H9F3N2O2S. The minimum Gasteiger partial charge on any atom is -0.299 e. The lowest BCUT2D eigenvalue weighted by Crippen LogP contribution is -2.44. The van der Waals surface area contributed by atoms with Crippen LogP contribution in [0.1, 0.15) is 18.4 Å². The van der Waals surface area contributed by atoms with Crippen LogP contribution in [0.15, 0.2) is 11.4 Å². The minimum atomic E-state index is -4.26. The zero-order chi connectivity index (χ0) is 12.7. The Balaban J connectivity index is 1.96. The largest absolute Gasteiger partial charge is 0.406 e. The molecule has 94 valence electrons. The van der Waals surface area contributed by atoms with E-state index in [4.69, 9.17) is 0 Å².